The number of carboxylic acids is 1. The molecule has 2 rings (SSSR count). The number of rotatable bonds is 5. The van der Waals surface area contributed by atoms with Gasteiger partial charge in [0, 0.05) is 9.89 Å². The molecule has 1 aromatic carbocycles. The van der Waals surface area contributed by atoms with Gasteiger partial charge < -0.3 is 9.84 Å². The van der Waals surface area contributed by atoms with Gasteiger partial charge in [-0.1, -0.05) is 27.5 Å². The first kappa shape index (κ1) is 12.7. The summed E-state index contributed by atoms with van der Waals surface area (Å²) in [5, 5.41) is 9.32. The fraction of sp³-hybridized carbons (Fsp3) is 0.417. The molecule has 0 spiro atoms. The molecule has 92 valence electrons. The topological polar surface area (TPSA) is 46.5 Å². The van der Waals surface area contributed by atoms with E-state index in [-0.39, 0.29) is 11.8 Å². The zero-order chi connectivity index (χ0) is 12.5. The van der Waals surface area contributed by atoms with E-state index >= 15 is 0 Å². The molecular weight excluding hydrogens is 307 g/mol. The Morgan fingerprint density at radius 1 is 1.53 bits per heavy atom. The molecule has 0 saturated heterocycles. The molecule has 1 fully saturated rings. The number of carboxylic acid groups (broad SMARTS) is 1. The van der Waals surface area contributed by atoms with Gasteiger partial charge >= 0.3 is 5.97 Å². The second-order valence-electron chi connectivity index (χ2n) is 4.43. The lowest BCUT2D eigenvalue weighted by Gasteiger charge is -2.14. The van der Waals surface area contributed by atoms with Crippen molar-refractivity contribution >= 4 is 33.5 Å². The summed E-state index contributed by atoms with van der Waals surface area (Å²) in [6.45, 7) is 0.417. The van der Waals surface area contributed by atoms with E-state index in [1.165, 1.54) is 0 Å². The first-order valence-corrected chi connectivity index (χ1v) is 6.48. The summed E-state index contributed by atoms with van der Waals surface area (Å²) in [5.41, 5.74) is -0.178. The van der Waals surface area contributed by atoms with Crippen LogP contribution in [0, 0.1) is 5.41 Å². The number of benzene rings is 1. The highest BCUT2D eigenvalue weighted by atomic mass is 79.9. The molecule has 5 heteroatoms. The number of ether oxygens (including phenoxy) is 1. The van der Waals surface area contributed by atoms with Gasteiger partial charge in [-0.05, 0) is 31.0 Å². The number of carbonyl (C=O) groups is 1. The molecule has 3 nitrogen and oxygen atoms in total. The van der Waals surface area contributed by atoms with Crippen molar-refractivity contribution in [2.24, 2.45) is 5.41 Å². The maximum Gasteiger partial charge on any atom is 0.304 e. The van der Waals surface area contributed by atoms with Gasteiger partial charge in [-0.3, -0.25) is 4.79 Å². The van der Waals surface area contributed by atoms with E-state index in [0.29, 0.717) is 17.4 Å². The molecule has 0 aromatic heterocycles. The highest BCUT2D eigenvalue weighted by molar-refractivity contribution is 9.10. The van der Waals surface area contributed by atoms with Gasteiger partial charge in [-0.25, -0.2) is 0 Å². The normalized spacial score (nSPS) is 16.6. The minimum Gasteiger partial charge on any atom is -0.491 e. The maximum absolute atomic E-state index is 10.7. The van der Waals surface area contributed by atoms with Crippen LogP contribution in [0.3, 0.4) is 0 Å². The Bertz CT molecular complexity index is 443. The van der Waals surface area contributed by atoms with E-state index in [1.54, 1.807) is 12.1 Å². The zero-order valence-electron chi connectivity index (χ0n) is 9.08. The standard InChI is InChI=1S/C12H12BrClO3/c13-8-1-2-10(9(14)5-8)17-7-12(3-4-12)6-11(15)16/h1-2,5H,3-4,6-7H2,(H,15,16). The van der Waals surface area contributed by atoms with Gasteiger partial charge in [-0.2, -0.15) is 0 Å². The number of halogens is 2. The van der Waals surface area contributed by atoms with E-state index in [1.807, 2.05) is 6.07 Å². The van der Waals surface area contributed by atoms with E-state index < -0.39 is 5.97 Å². The van der Waals surface area contributed by atoms with Crippen LogP contribution in [-0.4, -0.2) is 17.7 Å². The lowest BCUT2D eigenvalue weighted by molar-refractivity contribution is -0.138. The van der Waals surface area contributed by atoms with Crippen molar-refractivity contribution < 1.29 is 14.6 Å². The predicted octanol–water partition coefficient (Wildman–Crippen LogP) is 3.74. The summed E-state index contributed by atoms with van der Waals surface area (Å²) in [5.74, 6) is -0.167. The molecule has 1 aliphatic rings. The predicted molar refractivity (Wildman–Crippen MR) is 68.6 cm³/mol. The fourth-order valence-corrected chi connectivity index (χ4v) is 2.42. The third kappa shape index (κ3) is 3.36. The number of hydrogen-bond acceptors (Lipinski definition) is 2. The third-order valence-corrected chi connectivity index (χ3v) is 3.70. The Labute approximate surface area is 113 Å². The summed E-state index contributed by atoms with van der Waals surface area (Å²) >= 11 is 9.33. The molecular formula is C12H12BrClO3. The van der Waals surface area contributed by atoms with E-state index in [2.05, 4.69) is 15.9 Å². The highest BCUT2D eigenvalue weighted by Gasteiger charge is 2.45. The van der Waals surface area contributed by atoms with Crippen LogP contribution in [-0.2, 0) is 4.79 Å². The third-order valence-electron chi connectivity index (χ3n) is 2.91. The highest BCUT2D eigenvalue weighted by Crippen LogP contribution is 2.49. The Kier molecular flexibility index (Phi) is 3.64. The Hall–Kier alpha value is -0.740. The molecule has 0 atom stereocenters. The second-order valence-corrected chi connectivity index (χ2v) is 5.76. The van der Waals surface area contributed by atoms with E-state index in [4.69, 9.17) is 21.4 Å². The summed E-state index contributed by atoms with van der Waals surface area (Å²) in [6, 6.07) is 5.38. The molecule has 0 unspecified atom stereocenters. The molecule has 1 saturated carbocycles. The molecule has 17 heavy (non-hydrogen) atoms. The molecule has 1 N–H and O–H groups in total. The SMILES string of the molecule is O=C(O)CC1(COc2ccc(Br)cc2Cl)CC1. The molecule has 0 aliphatic heterocycles. The zero-order valence-corrected chi connectivity index (χ0v) is 11.4. The minimum atomic E-state index is -0.770. The number of hydrogen-bond donors (Lipinski definition) is 1. The van der Waals surface area contributed by atoms with Gasteiger partial charge in [0.25, 0.3) is 0 Å². The lowest BCUT2D eigenvalue weighted by atomic mass is 10.0. The van der Waals surface area contributed by atoms with Gasteiger partial charge in [-0.15, -0.1) is 0 Å². The van der Waals surface area contributed by atoms with Gasteiger partial charge in [0.05, 0.1) is 18.1 Å². The van der Waals surface area contributed by atoms with Gasteiger partial charge in [0.2, 0.25) is 0 Å². The molecule has 1 aliphatic carbocycles. The molecule has 0 amide bonds. The Morgan fingerprint density at radius 2 is 2.24 bits per heavy atom. The van der Waals surface area contributed by atoms with E-state index in [0.717, 1.165) is 17.3 Å². The largest absolute Gasteiger partial charge is 0.491 e. The van der Waals surface area contributed by atoms with Crippen molar-refractivity contribution in [1.29, 1.82) is 0 Å². The average molecular weight is 320 g/mol. The van der Waals surface area contributed by atoms with Crippen LogP contribution in [0.5, 0.6) is 5.75 Å². The van der Waals surface area contributed by atoms with Crippen molar-refractivity contribution in [1.82, 2.24) is 0 Å². The van der Waals surface area contributed by atoms with Gasteiger partial charge in [0.15, 0.2) is 0 Å². The first-order valence-electron chi connectivity index (χ1n) is 5.30. The minimum absolute atomic E-state index is 0.168. The summed E-state index contributed by atoms with van der Waals surface area (Å²) in [4.78, 5) is 10.7. The summed E-state index contributed by atoms with van der Waals surface area (Å²) < 4.78 is 6.49. The van der Waals surface area contributed by atoms with Crippen LogP contribution in [0.25, 0.3) is 0 Å². The smallest absolute Gasteiger partial charge is 0.304 e. The second kappa shape index (κ2) is 4.86. The van der Waals surface area contributed by atoms with Crippen molar-refractivity contribution in [3.63, 3.8) is 0 Å². The van der Waals surface area contributed by atoms with Crippen molar-refractivity contribution in [2.75, 3.05) is 6.61 Å². The monoisotopic (exact) mass is 318 g/mol. The quantitative estimate of drug-likeness (QED) is 0.899. The van der Waals surface area contributed by atoms with Crippen molar-refractivity contribution in [2.45, 2.75) is 19.3 Å². The average Bonchev–Trinajstić information content (AvgIpc) is 2.96. The van der Waals surface area contributed by atoms with Gasteiger partial charge in [0.1, 0.15) is 5.75 Å². The van der Waals surface area contributed by atoms with Crippen LogP contribution < -0.4 is 4.74 Å². The van der Waals surface area contributed by atoms with Crippen LogP contribution in [0.4, 0.5) is 0 Å². The van der Waals surface area contributed by atoms with Crippen molar-refractivity contribution in [3.05, 3.63) is 27.7 Å². The van der Waals surface area contributed by atoms with Crippen LogP contribution in [0.1, 0.15) is 19.3 Å². The Morgan fingerprint density at radius 3 is 2.76 bits per heavy atom. The fourth-order valence-electron chi connectivity index (χ4n) is 1.69. The molecule has 0 heterocycles. The molecule has 0 radical (unpaired) electrons. The van der Waals surface area contributed by atoms with Crippen LogP contribution in [0.15, 0.2) is 22.7 Å². The first-order chi connectivity index (χ1) is 8.01. The number of aliphatic carboxylic acids is 1. The molecule has 1 aromatic rings. The Balaban J connectivity index is 1.96. The summed E-state index contributed by atoms with van der Waals surface area (Å²) in [6.07, 6.45) is 1.99. The maximum atomic E-state index is 10.7. The van der Waals surface area contributed by atoms with Crippen LogP contribution in [0.2, 0.25) is 5.02 Å². The summed E-state index contributed by atoms with van der Waals surface area (Å²) in [7, 11) is 0. The lowest BCUT2D eigenvalue weighted by Crippen LogP contribution is -2.17. The van der Waals surface area contributed by atoms with Crippen molar-refractivity contribution in [3.8, 4) is 5.75 Å². The van der Waals surface area contributed by atoms with E-state index in [9.17, 15) is 4.79 Å². The molecule has 0 bridgehead atoms. The van der Waals surface area contributed by atoms with Crippen LogP contribution >= 0.6 is 27.5 Å².